The van der Waals surface area contributed by atoms with Gasteiger partial charge in [0, 0.05) is 22.4 Å². The average Bonchev–Trinajstić information content (AvgIpc) is 2.31. The fourth-order valence-corrected chi connectivity index (χ4v) is 3.61. The summed E-state index contributed by atoms with van der Waals surface area (Å²) in [5.74, 6) is 0.499. The summed E-state index contributed by atoms with van der Waals surface area (Å²) in [7, 11) is -3.42. The van der Waals surface area contributed by atoms with Gasteiger partial charge in [0.15, 0.2) is 0 Å². The highest BCUT2D eigenvalue weighted by molar-refractivity contribution is 8.00. The van der Waals surface area contributed by atoms with E-state index in [1.54, 1.807) is 30.8 Å². The standard InChI is InChI=1S/C13H22N2O2S2/c1-5-15-19(16,17)11-6-7-12(14)13(8-11)18-10(4)9(2)3/h6-10,15H,5,14H2,1-4H3. The Bertz CT molecular complexity index is 527. The van der Waals surface area contributed by atoms with Crippen LogP contribution in [-0.4, -0.2) is 20.2 Å². The van der Waals surface area contributed by atoms with Crippen molar-refractivity contribution in [2.24, 2.45) is 5.92 Å². The molecule has 19 heavy (non-hydrogen) atoms. The van der Waals surface area contributed by atoms with Gasteiger partial charge in [0.2, 0.25) is 10.0 Å². The third-order valence-electron chi connectivity index (χ3n) is 2.88. The van der Waals surface area contributed by atoms with Gasteiger partial charge in [-0.25, -0.2) is 13.1 Å². The Hall–Kier alpha value is -0.720. The lowest BCUT2D eigenvalue weighted by Gasteiger charge is -2.17. The Morgan fingerprint density at radius 1 is 1.32 bits per heavy atom. The molecule has 1 aromatic rings. The first kappa shape index (κ1) is 16.3. The zero-order chi connectivity index (χ0) is 14.6. The Morgan fingerprint density at radius 2 is 1.95 bits per heavy atom. The summed E-state index contributed by atoms with van der Waals surface area (Å²) in [4.78, 5) is 1.09. The summed E-state index contributed by atoms with van der Waals surface area (Å²) in [6, 6.07) is 4.84. The second-order valence-corrected chi connectivity index (χ2v) is 7.95. The van der Waals surface area contributed by atoms with Gasteiger partial charge in [0.05, 0.1) is 4.90 Å². The maximum absolute atomic E-state index is 12.0. The first-order valence-electron chi connectivity index (χ1n) is 6.33. The minimum Gasteiger partial charge on any atom is -0.398 e. The van der Waals surface area contributed by atoms with Gasteiger partial charge >= 0.3 is 0 Å². The molecule has 108 valence electrons. The number of hydrogen-bond acceptors (Lipinski definition) is 4. The molecule has 0 saturated carbocycles. The molecule has 0 aliphatic carbocycles. The molecule has 0 aliphatic rings. The summed E-state index contributed by atoms with van der Waals surface area (Å²) in [5.41, 5.74) is 6.54. The van der Waals surface area contributed by atoms with Gasteiger partial charge in [-0.05, 0) is 24.1 Å². The summed E-state index contributed by atoms with van der Waals surface area (Å²) in [6.07, 6.45) is 0. The number of benzene rings is 1. The minimum absolute atomic E-state index is 0.266. The predicted molar refractivity (Wildman–Crippen MR) is 81.9 cm³/mol. The molecule has 1 rings (SSSR count). The van der Waals surface area contributed by atoms with E-state index in [1.165, 1.54) is 6.07 Å². The molecule has 1 aromatic carbocycles. The van der Waals surface area contributed by atoms with Crippen molar-refractivity contribution in [2.45, 2.75) is 42.7 Å². The molecule has 0 aromatic heterocycles. The molecule has 0 spiro atoms. The Labute approximate surface area is 120 Å². The van der Waals surface area contributed by atoms with Gasteiger partial charge in [0.1, 0.15) is 0 Å². The molecular weight excluding hydrogens is 280 g/mol. The number of rotatable bonds is 6. The van der Waals surface area contributed by atoms with Crippen LogP contribution in [-0.2, 0) is 10.0 Å². The van der Waals surface area contributed by atoms with Gasteiger partial charge in [-0.2, -0.15) is 0 Å². The molecule has 0 heterocycles. The van der Waals surface area contributed by atoms with Crippen LogP contribution in [0.2, 0.25) is 0 Å². The maximum Gasteiger partial charge on any atom is 0.240 e. The van der Waals surface area contributed by atoms with Crippen molar-refractivity contribution in [1.29, 1.82) is 0 Å². The quantitative estimate of drug-likeness (QED) is 0.626. The molecule has 1 unspecified atom stereocenters. The predicted octanol–water partition coefficient (Wildman–Crippen LogP) is 2.70. The zero-order valence-corrected chi connectivity index (χ0v) is 13.4. The average molecular weight is 302 g/mol. The maximum atomic E-state index is 12.0. The van der Waals surface area contributed by atoms with Crippen LogP contribution < -0.4 is 10.5 Å². The smallest absolute Gasteiger partial charge is 0.240 e. The van der Waals surface area contributed by atoms with Crippen molar-refractivity contribution in [1.82, 2.24) is 4.72 Å². The van der Waals surface area contributed by atoms with E-state index in [2.05, 4.69) is 25.5 Å². The molecule has 0 aliphatic heterocycles. The van der Waals surface area contributed by atoms with Gasteiger partial charge in [-0.15, -0.1) is 11.8 Å². The van der Waals surface area contributed by atoms with Crippen molar-refractivity contribution in [3.8, 4) is 0 Å². The van der Waals surface area contributed by atoms with Crippen LogP contribution in [0.3, 0.4) is 0 Å². The molecule has 1 atom stereocenters. The van der Waals surface area contributed by atoms with Crippen molar-refractivity contribution in [3.05, 3.63) is 18.2 Å². The van der Waals surface area contributed by atoms with Crippen molar-refractivity contribution >= 4 is 27.5 Å². The second kappa shape index (κ2) is 6.63. The van der Waals surface area contributed by atoms with Gasteiger partial charge in [-0.1, -0.05) is 27.7 Å². The molecule has 4 nitrogen and oxygen atoms in total. The molecule has 0 amide bonds. The summed E-state index contributed by atoms with van der Waals surface area (Å²) in [5, 5.41) is 0.374. The number of hydrogen-bond donors (Lipinski definition) is 2. The molecule has 6 heteroatoms. The van der Waals surface area contributed by atoms with Crippen LogP contribution in [0.5, 0.6) is 0 Å². The van der Waals surface area contributed by atoms with E-state index in [9.17, 15) is 8.42 Å². The number of nitrogens with one attached hydrogen (secondary N) is 1. The van der Waals surface area contributed by atoms with Crippen LogP contribution in [0.15, 0.2) is 28.0 Å². The highest BCUT2D eigenvalue weighted by Crippen LogP contribution is 2.33. The fourth-order valence-electron chi connectivity index (χ4n) is 1.39. The van der Waals surface area contributed by atoms with Gasteiger partial charge in [-0.3, -0.25) is 0 Å². The molecular formula is C13H22N2O2S2. The van der Waals surface area contributed by atoms with E-state index in [0.29, 0.717) is 23.4 Å². The minimum atomic E-state index is -3.42. The Morgan fingerprint density at radius 3 is 2.47 bits per heavy atom. The van der Waals surface area contributed by atoms with Crippen LogP contribution in [0.1, 0.15) is 27.7 Å². The van der Waals surface area contributed by atoms with Gasteiger partial charge < -0.3 is 5.73 Å². The van der Waals surface area contributed by atoms with Crippen molar-refractivity contribution in [3.63, 3.8) is 0 Å². The largest absolute Gasteiger partial charge is 0.398 e. The van der Waals surface area contributed by atoms with Crippen LogP contribution in [0.25, 0.3) is 0 Å². The lowest BCUT2D eigenvalue weighted by Crippen LogP contribution is -2.23. The number of nitrogen functional groups attached to an aromatic ring is 1. The van der Waals surface area contributed by atoms with Crippen LogP contribution in [0, 0.1) is 5.92 Å². The van der Waals surface area contributed by atoms with Gasteiger partial charge in [0.25, 0.3) is 0 Å². The lowest BCUT2D eigenvalue weighted by molar-refractivity contribution is 0.583. The third kappa shape index (κ3) is 4.40. The van der Waals surface area contributed by atoms with E-state index >= 15 is 0 Å². The number of nitrogens with two attached hydrogens (primary N) is 1. The Balaban J connectivity index is 3.07. The van der Waals surface area contributed by atoms with E-state index in [0.717, 1.165) is 4.90 Å². The molecule has 0 radical (unpaired) electrons. The number of anilines is 1. The summed E-state index contributed by atoms with van der Waals surface area (Å²) >= 11 is 1.61. The highest BCUT2D eigenvalue weighted by Gasteiger charge is 2.16. The number of sulfonamides is 1. The van der Waals surface area contributed by atoms with E-state index in [1.807, 2.05) is 0 Å². The zero-order valence-electron chi connectivity index (χ0n) is 11.8. The van der Waals surface area contributed by atoms with E-state index in [-0.39, 0.29) is 4.90 Å². The molecule has 0 bridgehead atoms. The first-order chi connectivity index (χ1) is 8.77. The number of thioether (sulfide) groups is 1. The molecule has 3 N–H and O–H groups in total. The topological polar surface area (TPSA) is 72.2 Å². The van der Waals surface area contributed by atoms with Crippen LogP contribution in [0.4, 0.5) is 5.69 Å². The SMILES string of the molecule is CCNS(=O)(=O)c1ccc(N)c(SC(C)C(C)C)c1. The second-order valence-electron chi connectivity index (χ2n) is 4.77. The first-order valence-corrected chi connectivity index (χ1v) is 8.70. The fraction of sp³-hybridized carbons (Fsp3) is 0.538. The normalized spacial score (nSPS) is 13.7. The van der Waals surface area contributed by atoms with E-state index in [4.69, 9.17) is 5.73 Å². The monoisotopic (exact) mass is 302 g/mol. The molecule has 0 saturated heterocycles. The summed E-state index contributed by atoms with van der Waals surface area (Å²) < 4.78 is 26.4. The van der Waals surface area contributed by atoms with Crippen LogP contribution >= 0.6 is 11.8 Å². The molecule has 0 fully saturated rings. The van der Waals surface area contributed by atoms with Crippen molar-refractivity contribution in [2.75, 3.05) is 12.3 Å². The highest BCUT2D eigenvalue weighted by atomic mass is 32.2. The summed E-state index contributed by atoms with van der Waals surface area (Å²) in [6.45, 7) is 8.50. The Kier molecular flexibility index (Phi) is 5.70. The van der Waals surface area contributed by atoms with Crippen molar-refractivity contribution < 1.29 is 8.42 Å². The van der Waals surface area contributed by atoms with E-state index < -0.39 is 10.0 Å². The third-order valence-corrected chi connectivity index (χ3v) is 5.95. The lowest BCUT2D eigenvalue weighted by atomic mass is 10.2.